The molecule has 1 aliphatic rings. The van der Waals surface area contributed by atoms with E-state index in [0.29, 0.717) is 29.7 Å². The fourth-order valence-corrected chi connectivity index (χ4v) is 4.94. The van der Waals surface area contributed by atoms with Crippen LogP contribution in [0.2, 0.25) is 5.02 Å². The van der Waals surface area contributed by atoms with E-state index >= 15 is 0 Å². The van der Waals surface area contributed by atoms with Gasteiger partial charge in [0.25, 0.3) is 0 Å². The fraction of sp³-hybridized carbons (Fsp3) is 0.250. The lowest BCUT2D eigenvalue weighted by Crippen LogP contribution is -2.47. The first-order chi connectivity index (χ1) is 20.7. The Bertz CT molecular complexity index is 1720. The molecule has 2 aromatic heterocycles. The van der Waals surface area contributed by atoms with E-state index in [2.05, 4.69) is 31.1 Å². The van der Waals surface area contributed by atoms with E-state index in [4.69, 9.17) is 11.6 Å². The monoisotopic (exact) mass is 608 g/mol. The summed E-state index contributed by atoms with van der Waals surface area (Å²) in [6, 6.07) is 7.70. The molecule has 15 heteroatoms. The molecule has 1 fully saturated rings. The molecule has 3 heterocycles. The molecule has 0 bridgehead atoms. The molecular weight excluding hydrogens is 583 g/mol. The van der Waals surface area contributed by atoms with Crippen LogP contribution >= 0.6 is 11.6 Å². The average Bonchev–Trinajstić information content (AvgIpc) is 3.68. The highest BCUT2D eigenvalue weighted by atomic mass is 35.5. The highest BCUT2D eigenvalue weighted by Crippen LogP contribution is 2.25. The molecule has 1 aliphatic heterocycles. The standard InChI is InChI=1S/C28H26ClFN8O5/c29-19-6-8-23(38-15-31-35-36-38)18(26(19)30)5-9-24(39)34-21(14-25(40)37-10-2-1-3-11-37)27(41)32-17-4-7-20-16(12-17)13-22(33-20)28(42)43/h4-9,12-13,15,21,33H,1-3,10-11,14H2,(H,32,41)(H,34,39)(H,42,43). The normalized spacial score (nSPS) is 14.1. The Kier molecular flexibility index (Phi) is 8.76. The molecule has 1 atom stereocenters. The minimum absolute atomic E-state index is 0.0121. The van der Waals surface area contributed by atoms with Crippen LogP contribution < -0.4 is 10.6 Å². The number of benzene rings is 2. The van der Waals surface area contributed by atoms with Gasteiger partial charge in [-0.15, -0.1) is 5.10 Å². The minimum Gasteiger partial charge on any atom is -0.477 e. The Labute approximate surface area is 248 Å². The molecule has 222 valence electrons. The number of carbonyl (C=O) groups excluding carboxylic acids is 3. The molecule has 1 unspecified atom stereocenters. The maximum absolute atomic E-state index is 14.9. The molecule has 43 heavy (non-hydrogen) atoms. The molecule has 4 N–H and O–H groups in total. The van der Waals surface area contributed by atoms with Gasteiger partial charge in [-0.3, -0.25) is 14.4 Å². The van der Waals surface area contributed by atoms with Crippen molar-refractivity contribution in [3.05, 3.63) is 70.9 Å². The summed E-state index contributed by atoms with van der Waals surface area (Å²) < 4.78 is 16.1. The predicted octanol–water partition coefficient (Wildman–Crippen LogP) is 3.17. The molecule has 5 rings (SSSR count). The van der Waals surface area contributed by atoms with E-state index in [-0.39, 0.29) is 34.3 Å². The van der Waals surface area contributed by atoms with Crippen LogP contribution in [0.15, 0.2) is 48.8 Å². The summed E-state index contributed by atoms with van der Waals surface area (Å²) >= 11 is 5.95. The number of hydrogen-bond acceptors (Lipinski definition) is 7. The first-order valence-electron chi connectivity index (χ1n) is 13.3. The Balaban J connectivity index is 1.36. The van der Waals surface area contributed by atoms with E-state index in [1.54, 1.807) is 23.1 Å². The number of likely N-dealkylation sites (tertiary alicyclic amines) is 1. The van der Waals surface area contributed by atoms with E-state index in [1.807, 2.05) is 0 Å². The van der Waals surface area contributed by atoms with Crippen LogP contribution in [0.25, 0.3) is 22.7 Å². The fourth-order valence-electron chi connectivity index (χ4n) is 4.78. The van der Waals surface area contributed by atoms with Crippen molar-refractivity contribution in [2.75, 3.05) is 18.4 Å². The number of carboxylic acid groups (broad SMARTS) is 1. The highest BCUT2D eigenvalue weighted by molar-refractivity contribution is 6.31. The molecule has 0 aliphatic carbocycles. The second-order valence-corrected chi connectivity index (χ2v) is 10.3. The zero-order valence-electron chi connectivity index (χ0n) is 22.6. The predicted molar refractivity (Wildman–Crippen MR) is 154 cm³/mol. The zero-order chi connectivity index (χ0) is 30.5. The van der Waals surface area contributed by atoms with E-state index in [0.717, 1.165) is 25.3 Å². The third-order valence-electron chi connectivity index (χ3n) is 6.95. The minimum atomic E-state index is -1.27. The smallest absolute Gasteiger partial charge is 0.352 e. The van der Waals surface area contributed by atoms with Crippen LogP contribution in [0, 0.1) is 5.82 Å². The maximum Gasteiger partial charge on any atom is 0.352 e. The van der Waals surface area contributed by atoms with Gasteiger partial charge in [0.15, 0.2) is 5.82 Å². The number of anilines is 1. The molecule has 2 aromatic carbocycles. The lowest BCUT2D eigenvalue weighted by Gasteiger charge is -2.28. The zero-order valence-corrected chi connectivity index (χ0v) is 23.3. The third-order valence-corrected chi connectivity index (χ3v) is 7.24. The number of hydrogen-bond donors (Lipinski definition) is 4. The van der Waals surface area contributed by atoms with Crippen molar-refractivity contribution in [1.29, 1.82) is 0 Å². The number of nitrogens with one attached hydrogen (secondary N) is 3. The molecule has 4 aromatic rings. The maximum atomic E-state index is 14.9. The second kappa shape index (κ2) is 12.8. The van der Waals surface area contributed by atoms with Crippen molar-refractivity contribution in [3.8, 4) is 5.69 Å². The van der Waals surface area contributed by atoms with Crippen molar-refractivity contribution >= 4 is 58.0 Å². The van der Waals surface area contributed by atoms with Crippen LogP contribution in [0.3, 0.4) is 0 Å². The first kappa shape index (κ1) is 29.4. The van der Waals surface area contributed by atoms with Crippen molar-refractivity contribution in [2.45, 2.75) is 31.7 Å². The van der Waals surface area contributed by atoms with Crippen LogP contribution in [0.5, 0.6) is 0 Å². The number of piperidine rings is 1. The number of rotatable bonds is 9. The Hall–Kier alpha value is -5.11. The number of H-pyrrole nitrogens is 1. The number of aromatic carboxylic acids is 1. The van der Waals surface area contributed by atoms with Crippen LogP contribution in [0.1, 0.15) is 41.7 Å². The van der Waals surface area contributed by atoms with E-state index < -0.39 is 29.6 Å². The Morgan fingerprint density at radius 3 is 2.63 bits per heavy atom. The summed E-state index contributed by atoms with van der Waals surface area (Å²) in [5.41, 5.74) is 1.03. The topological polar surface area (TPSA) is 175 Å². The number of fused-ring (bicyclic) bond motifs is 1. The third kappa shape index (κ3) is 6.86. The summed E-state index contributed by atoms with van der Waals surface area (Å²) in [6.45, 7) is 1.12. The number of carboxylic acids is 1. The number of tetrazole rings is 1. The molecule has 0 radical (unpaired) electrons. The van der Waals surface area contributed by atoms with Crippen molar-refractivity contribution in [2.24, 2.45) is 0 Å². The number of carbonyl (C=O) groups is 4. The Morgan fingerprint density at radius 1 is 1.12 bits per heavy atom. The van der Waals surface area contributed by atoms with Crippen LogP contribution in [0.4, 0.5) is 10.1 Å². The van der Waals surface area contributed by atoms with Crippen molar-refractivity contribution in [1.82, 2.24) is 35.4 Å². The number of aromatic nitrogens is 5. The second-order valence-electron chi connectivity index (χ2n) is 9.87. The van der Waals surface area contributed by atoms with Gasteiger partial charge in [-0.05, 0) is 72.2 Å². The number of nitrogens with zero attached hydrogens (tertiary/aromatic N) is 5. The van der Waals surface area contributed by atoms with Gasteiger partial charge in [0.2, 0.25) is 17.7 Å². The summed E-state index contributed by atoms with van der Waals surface area (Å²) in [6.07, 6.45) is 5.85. The summed E-state index contributed by atoms with van der Waals surface area (Å²) in [5, 5.41) is 25.7. The first-order valence-corrected chi connectivity index (χ1v) is 13.7. The van der Waals surface area contributed by atoms with Crippen LogP contribution in [-0.2, 0) is 14.4 Å². The molecule has 0 spiro atoms. The van der Waals surface area contributed by atoms with Crippen molar-refractivity contribution < 1.29 is 28.7 Å². The summed E-state index contributed by atoms with van der Waals surface area (Å²) in [5.74, 6) is -3.65. The number of aromatic amines is 1. The van der Waals surface area contributed by atoms with Gasteiger partial charge >= 0.3 is 5.97 Å². The largest absolute Gasteiger partial charge is 0.477 e. The summed E-state index contributed by atoms with van der Waals surface area (Å²) in [7, 11) is 0. The average molecular weight is 609 g/mol. The van der Waals surface area contributed by atoms with E-state index in [1.165, 1.54) is 35.3 Å². The van der Waals surface area contributed by atoms with Gasteiger partial charge < -0.3 is 25.6 Å². The van der Waals surface area contributed by atoms with Gasteiger partial charge in [-0.2, -0.15) is 4.68 Å². The van der Waals surface area contributed by atoms with E-state index in [9.17, 15) is 28.7 Å². The lowest BCUT2D eigenvalue weighted by atomic mass is 10.1. The van der Waals surface area contributed by atoms with Gasteiger partial charge in [-0.25, -0.2) is 9.18 Å². The van der Waals surface area contributed by atoms with Gasteiger partial charge in [0, 0.05) is 41.3 Å². The molecule has 3 amide bonds. The van der Waals surface area contributed by atoms with Gasteiger partial charge in [0.1, 0.15) is 18.1 Å². The number of halogens is 2. The molecule has 0 saturated carbocycles. The van der Waals surface area contributed by atoms with Gasteiger partial charge in [-0.1, -0.05) is 11.6 Å². The molecule has 1 saturated heterocycles. The summed E-state index contributed by atoms with van der Waals surface area (Å²) in [4.78, 5) is 55.2. The van der Waals surface area contributed by atoms with Crippen LogP contribution in [-0.4, -0.2) is 78.0 Å². The Morgan fingerprint density at radius 2 is 1.91 bits per heavy atom. The quantitative estimate of drug-likeness (QED) is 0.209. The SMILES string of the molecule is O=C(C=Cc1c(-n2cnnn2)ccc(Cl)c1F)NC(CC(=O)N1CCCCC1)C(=O)Nc1ccc2[nH]c(C(=O)O)cc2c1. The number of amides is 3. The van der Waals surface area contributed by atoms with Gasteiger partial charge in [0.05, 0.1) is 17.1 Å². The lowest BCUT2D eigenvalue weighted by molar-refractivity contribution is -0.135. The molecular formula is C28H26ClFN8O5. The molecule has 13 nitrogen and oxygen atoms in total. The van der Waals surface area contributed by atoms with Crippen molar-refractivity contribution in [3.63, 3.8) is 0 Å². The highest BCUT2D eigenvalue weighted by Gasteiger charge is 2.27.